The number of carbonyl (C=O) groups excluding carboxylic acids is 1. The number of hydrogen-bond acceptors (Lipinski definition) is 4. The van der Waals surface area contributed by atoms with E-state index in [1.54, 1.807) is 7.05 Å². The maximum atomic E-state index is 12.0. The number of nitrogens with one attached hydrogen (secondary N) is 2. The predicted molar refractivity (Wildman–Crippen MR) is 78.2 cm³/mol. The lowest BCUT2D eigenvalue weighted by molar-refractivity contribution is 0.248. The predicted octanol–water partition coefficient (Wildman–Crippen LogP) is 2.16. The Bertz CT molecular complexity index is 626. The highest BCUT2D eigenvalue weighted by Crippen LogP contribution is 2.25. The number of aryl methyl sites for hydroxylation is 2. The standard InChI is InChI=1S/C12H15BrN6O/c1-7-5-4-6-9(10(7)13)15-12(20)14-8(2)11-16-17-18-19(11)3/h4-6,8H,1-3H3,(H2,14,15,20). The largest absolute Gasteiger partial charge is 0.328 e. The highest BCUT2D eigenvalue weighted by atomic mass is 79.9. The van der Waals surface area contributed by atoms with Gasteiger partial charge >= 0.3 is 6.03 Å². The molecule has 1 heterocycles. The minimum absolute atomic E-state index is 0.293. The van der Waals surface area contributed by atoms with Gasteiger partial charge in [-0.3, -0.25) is 0 Å². The minimum Gasteiger partial charge on any atom is -0.328 e. The molecule has 106 valence electrons. The Kier molecular flexibility index (Phi) is 4.33. The summed E-state index contributed by atoms with van der Waals surface area (Å²) in [5.41, 5.74) is 1.76. The summed E-state index contributed by atoms with van der Waals surface area (Å²) in [6.07, 6.45) is 0. The van der Waals surface area contributed by atoms with Crippen LogP contribution >= 0.6 is 15.9 Å². The minimum atomic E-state index is -0.313. The van der Waals surface area contributed by atoms with Crippen LogP contribution < -0.4 is 10.6 Å². The molecule has 7 nitrogen and oxygen atoms in total. The number of urea groups is 1. The van der Waals surface area contributed by atoms with Crippen LogP contribution in [-0.4, -0.2) is 26.2 Å². The van der Waals surface area contributed by atoms with Crippen LogP contribution in [0.15, 0.2) is 22.7 Å². The Morgan fingerprint density at radius 2 is 2.20 bits per heavy atom. The van der Waals surface area contributed by atoms with Gasteiger partial charge in [-0.25, -0.2) is 9.48 Å². The SMILES string of the molecule is Cc1cccc(NC(=O)NC(C)c2nnnn2C)c1Br. The third-order valence-electron chi connectivity index (χ3n) is 2.83. The molecule has 0 aliphatic heterocycles. The van der Waals surface area contributed by atoms with Crippen LogP contribution in [0, 0.1) is 6.92 Å². The van der Waals surface area contributed by atoms with Gasteiger partial charge in [0, 0.05) is 11.5 Å². The highest BCUT2D eigenvalue weighted by molar-refractivity contribution is 9.10. The normalized spacial score (nSPS) is 12.0. The molecule has 0 spiro atoms. The van der Waals surface area contributed by atoms with Gasteiger partial charge < -0.3 is 10.6 Å². The van der Waals surface area contributed by atoms with E-state index in [0.717, 1.165) is 10.0 Å². The summed E-state index contributed by atoms with van der Waals surface area (Å²) in [4.78, 5) is 12.0. The van der Waals surface area contributed by atoms with Gasteiger partial charge in [-0.05, 0) is 51.8 Å². The van der Waals surface area contributed by atoms with Gasteiger partial charge in [0.25, 0.3) is 0 Å². The molecular weight excluding hydrogens is 324 g/mol. The number of carbonyl (C=O) groups is 1. The van der Waals surface area contributed by atoms with Crippen molar-refractivity contribution in [2.75, 3.05) is 5.32 Å². The Morgan fingerprint density at radius 1 is 1.45 bits per heavy atom. The fraction of sp³-hybridized carbons (Fsp3) is 0.333. The number of nitrogens with zero attached hydrogens (tertiary/aromatic N) is 4. The van der Waals surface area contributed by atoms with Crippen LogP contribution in [0.4, 0.5) is 10.5 Å². The third-order valence-corrected chi connectivity index (χ3v) is 3.88. The van der Waals surface area contributed by atoms with Crippen molar-refractivity contribution < 1.29 is 4.79 Å². The molecule has 0 bridgehead atoms. The molecule has 0 aliphatic carbocycles. The number of amides is 2. The Hall–Kier alpha value is -1.96. The van der Waals surface area contributed by atoms with Crippen molar-refractivity contribution in [2.45, 2.75) is 19.9 Å². The maximum absolute atomic E-state index is 12.0. The quantitative estimate of drug-likeness (QED) is 0.898. The average molecular weight is 339 g/mol. The first-order chi connectivity index (χ1) is 9.49. The van der Waals surface area contributed by atoms with Crippen LogP contribution in [0.25, 0.3) is 0 Å². The van der Waals surface area contributed by atoms with Gasteiger partial charge in [-0.2, -0.15) is 0 Å². The van der Waals surface area contributed by atoms with Crippen LogP contribution in [0.5, 0.6) is 0 Å². The Labute approximate surface area is 124 Å². The Morgan fingerprint density at radius 3 is 2.85 bits per heavy atom. The molecule has 1 unspecified atom stereocenters. The second-order valence-corrected chi connectivity index (χ2v) is 5.21. The molecule has 2 N–H and O–H groups in total. The molecule has 2 rings (SSSR count). The second-order valence-electron chi connectivity index (χ2n) is 4.42. The molecular formula is C12H15BrN6O. The van der Waals surface area contributed by atoms with Crippen molar-refractivity contribution in [1.29, 1.82) is 0 Å². The van der Waals surface area contributed by atoms with E-state index < -0.39 is 0 Å². The fourth-order valence-corrected chi connectivity index (χ4v) is 2.13. The molecule has 0 aliphatic rings. The fourth-order valence-electron chi connectivity index (χ4n) is 1.77. The molecule has 2 aromatic rings. The molecule has 0 fully saturated rings. The molecule has 0 saturated heterocycles. The summed E-state index contributed by atoms with van der Waals surface area (Å²) in [5, 5.41) is 16.7. The summed E-state index contributed by atoms with van der Waals surface area (Å²) in [5.74, 6) is 0.587. The number of hydrogen-bond donors (Lipinski definition) is 2. The molecule has 2 amide bonds. The Balaban J connectivity index is 2.03. The molecule has 0 saturated carbocycles. The number of rotatable bonds is 3. The topological polar surface area (TPSA) is 84.7 Å². The first kappa shape index (κ1) is 14.4. The van der Waals surface area contributed by atoms with Crippen molar-refractivity contribution in [3.63, 3.8) is 0 Å². The van der Waals surface area contributed by atoms with Gasteiger partial charge in [0.15, 0.2) is 5.82 Å². The van der Waals surface area contributed by atoms with E-state index in [1.807, 2.05) is 32.0 Å². The number of benzene rings is 1. The van der Waals surface area contributed by atoms with E-state index in [1.165, 1.54) is 4.68 Å². The van der Waals surface area contributed by atoms with Gasteiger partial charge in [0.05, 0.1) is 11.7 Å². The zero-order valence-electron chi connectivity index (χ0n) is 11.4. The van der Waals surface area contributed by atoms with Gasteiger partial charge in [0.2, 0.25) is 0 Å². The molecule has 8 heteroatoms. The monoisotopic (exact) mass is 338 g/mol. The summed E-state index contributed by atoms with van der Waals surface area (Å²) >= 11 is 3.45. The number of aromatic nitrogens is 4. The summed E-state index contributed by atoms with van der Waals surface area (Å²) in [6, 6.07) is 5.06. The lowest BCUT2D eigenvalue weighted by atomic mass is 10.2. The first-order valence-electron chi connectivity index (χ1n) is 6.04. The van der Waals surface area contributed by atoms with Crippen LogP contribution in [0.3, 0.4) is 0 Å². The zero-order valence-corrected chi connectivity index (χ0v) is 13.0. The van der Waals surface area contributed by atoms with E-state index in [0.29, 0.717) is 11.5 Å². The molecule has 0 radical (unpaired) electrons. The maximum Gasteiger partial charge on any atom is 0.319 e. The van der Waals surface area contributed by atoms with Crippen molar-refractivity contribution in [2.24, 2.45) is 7.05 Å². The number of anilines is 1. The van der Waals surface area contributed by atoms with E-state index >= 15 is 0 Å². The lowest BCUT2D eigenvalue weighted by Crippen LogP contribution is -2.32. The zero-order chi connectivity index (χ0) is 14.7. The molecule has 20 heavy (non-hydrogen) atoms. The van der Waals surface area contributed by atoms with E-state index in [9.17, 15) is 4.79 Å². The number of tetrazole rings is 1. The van der Waals surface area contributed by atoms with Gasteiger partial charge in [-0.1, -0.05) is 12.1 Å². The number of halogens is 1. The molecule has 1 atom stereocenters. The van der Waals surface area contributed by atoms with Crippen molar-refractivity contribution >= 4 is 27.6 Å². The lowest BCUT2D eigenvalue weighted by Gasteiger charge is -2.14. The van der Waals surface area contributed by atoms with Crippen LogP contribution in [0.1, 0.15) is 24.4 Å². The van der Waals surface area contributed by atoms with Gasteiger partial charge in [-0.15, -0.1) is 5.10 Å². The van der Waals surface area contributed by atoms with Crippen molar-refractivity contribution in [3.8, 4) is 0 Å². The van der Waals surface area contributed by atoms with Gasteiger partial charge in [0.1, 0.15) is 0 Å². The average Bonchev–Trinajstić information content (AvgIpc) is 2.81. The van der Waals surface area contributed by atoms with E-state index in [-0.39, 0.29) is 12.1 Å². The summed E-state index contributed by atoms with van der Waals surface area (Å²) in [7, 11) is 1.72. The summed E-state index contributed by atoms with van der Waals surface area (Å²) in [6.45, 7) is 3.78. The highest BCUT2D eigenvalue weighted by Gasteiger charge is 2.15. The summed E-state index contributed by atoms with van der Waals surface area (Å²) < 4.78 is 2.39. The third kappa shape index (κ3) is 3.13. The van der Waals surface area contributed by atoms with E-state index in [4.69, 9.17) is 0 Å². The van der Waals surface area contributed by atoms with E-state index in [2.05, 4.69) is 42.1 Å². The van der Waals surface area contributed by atoms with Crippen LogP contribution in [-0.2, 0) is 7.05 Å². The second kappa shape index (κ2) is 6.00. The van der Waals surface area contributed by atoms with Crippen molar-refractivity contribution in [3.05, 3.63) is 34.1 Å². The van der Waals surface area contributed by atoms with Crippen LogP contribution in [0.2, 0.25) is 0 Å². The van der Waals surface area contributed by atoms with Crippen molar-refractivity contribution in [1.82, 2.24) is 25.5 Å². The molecule has 1 aromatic heterocycles. The molecule has 1 aromatic carbocycles. The smallest absolute Gasteiger partial charge is 0.319 e. The first-order valence-corrected chi connectivity index (χ1v) is 6.83.